The van der Waals surface area contributed by atoms with Crippen LogP contribution in [-0.4, -0.2) is 12.6 Å². The monoisotopic (exact) mass is 332 g/mol. The SMILES string of the molecule is O=C(NCCc1ccc(Br)cc1)NCc1ccccc1. The van der Waals surface area contributed by atoms with Crippen LogP contribution in [0.5, 0.6) is 0 Å². The van der Waals surface area contributed by atoms with Crippen molar-refractivity contribution in [2.75, 3.05) is 6.54 Å². The number of rotatable bonds is 5. The molecule has 0 aliphatic carbocycles. The topological polar surface area (TPSA) is 41.1 Å². The Labute approximate surface area is 127 Å². The van der Waals surface area contributed by atoms with E-state index in [0.717, 1.165) is 16.5 Å². The number of halogens is 1. The molecule has 4 heteroatoms. The number of urea groups is 1. The van der Waals surface area contributed by atoms with E-state index in [0.29, 0.717) is 13.1 Å². The molecule has 0 aliphatic heterocycles. The molecule has 2 rings (SSSR count). The van der Waals surface area contributed by atoms with Crippen LogP contribution in [0, 0.1) is 0 Å². The van der Waals surface area contributed by atoms with Gasteiger partial charge >= 0.3 is 6.03 Å². The minimum atomic E-state index is -0.133. The molecule has 0 aliphatic rings. The Bertz CT molecular complexity index is 540. The fourth-order valence-electron chi connectivity index (χ4n) is 1.81. The largest absolute Gasteiger partial charge is 0.338 e. The standard InChI is InChI=1S/C16H17BrN2O/c17-15-8-6-13(7-9-15)10-11-18-16(20)19-12-14-4-2-1-3-5-14/h1-9H,10-12H2,(H2,18,19,20). The Morgan fingerprint density at radius 3 is 2.30 bits per heavy atom. The minimum absolute atomic E-state index is 0.133. The quantitative estimate of drug-likeness (QED) is 0.864. The Balaban J connectivity index is 1.66. The molecule has 3 nitrogen and oxygen atoms in total. The smallest absolute Gasteiger partial charge is 0.315 e. The zero-order chi connectivity index (χ0) is 14.2. The first-order valence-electron chi connectivity index (χ1n) is 6.54. The van der Waals surface area contributed by atoms with Gasteiger partial charge in [0, 0.05) is 17.6 Å². The molecule has 0 saturated carbocycles. The van der Waals surface area contributed by atoms with E-state index in [1.54, 1.807) is 0 Å². The molecule has 2 amide bonds. The molecule has 2 N–H and O–H groups in total. The number of benzene rings is 2. The van der Waals surface area contributed by atoms with E-state index in [4.69, 9.17) is 0 Å². The third kappa shape index (κ3) is 5.05. The first kappa shape index (κ1) is 14.6. The number of nitrogens with one attached hydrogen (secondary N) is 2. The molecule has 0 fully saturated rings. The van der Waals surface area contributed by atoms with E-state index in [1.165, 1.54) is 5.56 Å². The van der Waals surface area contributed by atoms with E-state index in [9.17, 15) is 4.79 Å². The Morgan fingerprint density at radius 1 is 0.900 bits per heavy atom. The average molecular weight is 333 g/mol. The predicted octanol–water partition coefficient (Wildman–Crippen LogP) is 3.49. The molecule has 0 heterocycles. The van der Waals surface area contributed by atoms with Gasteiger partial charge in [-0.3, -0.25) is 0 Å². The Kier molecular flexibility index (Phi) is 5.62. The number of hydrogen-bond acceptors (Lipinski definition) is 1. The third-order valence-electron chi connectivity index (χ3n) is 2.91. The molecule has 0 atom stereocenters. The summed E-state index contributed by atoms with van der Waals surface area (Å²) in [6.07, 6.45) is 0.825. The van der Waals surface area contributed by atoms with Crippen molar-refractivity contribution >= 4 is 22.0 Å². The molecule has 0 spiro atoms. The highest BCUT2D eigenvalue weighted by Gasteiger charge is 2.00. The van der Waals surface area contributed by atoms with Crippen LogP contribution in [0.15, 0.2) is 59.1 Å². The predicted molar refractivity (Wildman–Crippen MR) is 84.5 cm³/mol. The maximum absolute atomic E-state index is 11.6. The fourth-order valence-corrected chi connectivity index (χ4v) is 2.08. The van der Waals surface area contributed by atoms with Crippen LogP contribution < -0.4 is 10.6 Å². The fraction of sp³-hybridized carbons (Fsp3) is 0.188. The molecule has 0 radical (unpaired) electrons. The molecular weight excluding hydrogens is 316 g/mol. The highest BCUT2D eigenvalue weighted by molar-refractivity contribution is 9.10. The van der Waals surface area contributed by atoms with Gasteiger partial charge < -0.3 is 10.6 Å². The van der Waals surface area contributed by atoms with Crippen molar-refractivity contribution in [3.05, 3.63) is 70.2 Å². The zero-order valence-corrected chi connectivity index (χ0v) is 12.7. The van der Waals surface area contributed by atoms with Gasteiger partial charge in [-0.05, 0) is 29.7 Å². The molecule has 104 valence electrons. The molecule has 0 bridgehead atoms. The molecule has 20 heavy (non-hydrogen) atoms. The van der Waals surface area contributed by atoms with Crippen molar-refractivity contribution in [1.29, 1.82) is 0 Å². The van der Waals surface area contributed by atoms with Crippen LogP contribution >= 0.6 is 15.9 Å². The van der Waals surface area contributed by atoms with Crippen molar-refractivity contribution < 1.29 is 4.79 Å². The van der Waals surface area contributed by atoms with E-state index in [1.807, 2.05) is 54.6 Å². The van der Waals surface area contributed by atoms with Gasteiger partial charge in [-0.2, -0.15) is 0 Å². The lowest BCUT2D eigenvalue weighted by molar-refractivity contribution is 0.240. The maximum Gasteiger partial charge on any atom is 0.315 e. The van der Waals surface area contributed by atoms with Crippen molar-refractivity contribution in [2.24, 2.45) is 0 Å². The van der Waals surface area contributed by atoms with Crippen LogP contribution in [0.3, 0.4) is 0 Å². The zero-order valence-electron chi connectivity index (χ0n) is 11.1. The van der Waals surface area contributed by atoms with Crippen LogP contribution in [0.4, 0.5) is 4.79 Å². The van der Waals surface area contributed by atoms with E-state index in [2.05, 4.69) is 26.6 Å². The van der Waals surface area contributed by atoms with Gasteiger partial charge in [-0.15, -0.1) is 0 Å². The molecule has 0 unspecified atom stereocenters. The second-order valence-corrected chi connectivity index (χ2v) is 5.39. The molecular formula is C16H17BrN2O. The summed E-state index contributed by atoms with van der Waals surface area (Å²) in [5.74, 6) is 0. The van der Waals surface area contributed by atoms with Gasteiger partial charge in [-0.25, -0.2) is 4.79 Å². The van der Waals surface area contributed by atoms with Crippen molar-refractivity contribution in [3.8, 4) is 0 Å². The highest BCUT2D eigenvalue weighted by atomic mass is 79.9. The van der Waals surface area contributed by atoms with Crippen molar-refractivity contribution in [2.45, 2.75) is 13.0 Å². The second-order valence-electron chi connectivity index (χ2n) is 4.47. The van der Waals surface area contributed by atoms with Gasteiger partial charge in [0.1, 0.15) is 0 Å². The molecule has 0 saturated heterocycles. The summed E-state index contributed by atoms with van der Waals surface area (Å²) in [6.45, 7) is 1.17. The van der Waals surface area contributed by atoms with Crippen LogP contribution in [-0.2, 0) is 13.0 Å². The molecule has 2 aromatic carbocycles. The van der Waals surface area contributed by atoms with E-state index < -0.39 is 0 Å². The third-order valence-corrected chi connectivity index (χ3v) is 3.44. The summed E-state index contributed by atoms with van der Waals surface area (Å²) in [6, 6.07) is 17.8. The normalized spacial score (nSPS) is 10.1. The average Bonchev–Trinajstić information content (AvgIpc) is 2.48. The van der Waals surface area contributed by atoms with Crippen LogP contribution in [0.25, 0.3) is 0 Å². The van der Waals surface area contributed by atoms with E-state index >= 15 is 0 Å². The van der Waals surface area contributed by atoms with Gasteiger partial charge in [0.25, 0.3) is 0 Å². The molecule has 0 aromatic heterocycles. The van der Waals surface area contributed by atoms with Crippen molar-refractivity contribution in [1.82, 2.24) is 10.6 Å². The maximum atomic E-state index is 11.6. The summed E-state index contributed by atoms with van der Waals surface area (Å²) < 4.78 is 1.06. The van der Waals surface area contributed by atoms with Gasteiger partial charge in [0.05, 0.1) is 0 Å². The number of carbonyl (C=O) groups excluding carboxylic acids is 1. The lowest BCUT2D eigenvalue weighted by atomic mass is 10.1. The summed E-state index contributed by atoms with van der Waals surface area (Å²) in [4.78, 5) is 11.6. The highest BCUT2D eigenvalue weighted by Crippen LogP contribution is 2.10. The number of carbonyl (C=O) groups is 1. The Hall–Kier alpha value is -1.81. The first-order chi connectivity index (χ1) is 9.74. The van der Waals surface area contributed by atoms with Crippen LogP contribution in [0.1, 0.15) is 11.1 Å². The second kappa shape index (κ2) is 7.70. The van der Waals surface area contributed by atoms with Gasteiger partial charge in [-0.1, -0.05) is 58.4 Å². The lowest BCUT2D eigenvalue weighted by Crippen LogP contribution is -2.36. The molecule has 2 aromatic rings. The Morgan fingerprint density at radius 2 is 1.60 bits per heavy atom. The lowest BCUT2D eigenvalue weighted by Gasteiger charge is -2.08. The summed E-state index contributed by atoms with van der Waals surface area (Å²) in [5, 5.41) is 5.69. The minimum Gasteiger partial charge on any atom is -0.338 e. The van der Waals surface area contributed by atoms with E-state index in [-0.39, 0.29) is 6.03 Å². The summed E-state index contributed by atoms with van der Waals surface area (Å²) in [7, 11) is 0. The van der Waals surface area contributed by atoms with Crippen LogP contribution in [0.2, 0.25) is 0 Å². The summed E-state index contributed by atoms with van der Waals surface area (Å²) >= 11 is 3.40. The van der Waals surface area contributed by atoms with Gasteiger partial charge in [0.15, 0.2) is 0 Å². The van der Waals surface area contributed by atoms with Gasteiger partial charge in [0.2, 0.25) is 0 Å². The first-order valence-corrected chi connectivity index (χ1v) is 7.33. The van der Waals surface area contributed by atoms with Crippen molar-refractivity contribution in [3.63, 3.8) is 0 Å². The number of amides is 2. The number of hydrogen-bond donors (Lipinski definition) is 2. The summed E-state index contributed by atoms with van der Waals surface area (Å²) in [5.41, 5.74) is 2.30.